The van der Waals surface area contributed by atoms with E-state index in [2.05, 4.69) is 10.2 Å². The molecule has 0 bridgehead atoms. The minimum Gasteiger partial charge on any atom is -0.468 e. The highest BCUT2D eigenvalue weighted by atomic mass is 16.3. The van der Waals surface area contributed by atoms with Crippen LogP contribution in [0.5, 0.6) is 0 Å². The predicted octanol–water partition coefficient (Wildman–Crippen LogP) is 4.82. The van der Waals surface area contributed by atoms with E-state index < -0.39 is 0 Å². The Balaban J connectivity index is 1.29. The lowest BCUT2D eigenvalue weighted by atomic mass is 10.1. The Kier molecular flexibility index (Phi) is 6.47. The number of nitrogens with zero attached hydrogens (tertiary/aromatic N) is 1. The first-order valence-corrected chi connectivity index (χ1v) is 10.5. The third kappa shape index (κ3) is 5.18. The number of carbonyl (C=O) groups is 1. The van der Waals surface area contributed by atoms with Crippen molar-refractivity contribution < 1.29 is 13.6 Å². The van der Waals surface area contributed by atoms with Gasteiger partial charge in [-0.25, -0.2) is 0 Å². The van der Waals surface area contributed by atoms with Gasteiger partial charge in [-0.3, -0.25) is 9.69 Å². The molecule has 29 heavy (non-hydrogen) atoms. The van der Waals surface area contributed by atoms with Gasteiger partial charge in [0.2, 0.25) is 5.91 Å². The van der Waals surface area contributed by atoms with E-state index in [9.17, 15) is 4.79 Å². The molecule has 0 radical (unpaired) electrons. The number of furan rings is 2. The first-order valence-electron chi connectivity index (χ1n) is 10.5. The summed E-state index contributed by atoms with van der Waals surface area (Å²) in [6.45, 7) is 2.67. The molecule has 1 unspecified atom stereocenters. The number of carbonyl (C=O) groups excluding carboxylic acids is 1. The number of amides is 1. The van der Waals surface area contributed by atoms with Gasteiger partial charge in [-0.15, -0.1) is 0 Å². The third-order valence-electron chi connectivity index (χ3n) is 5.51. The molecular weight excluding hydrogens is 364 g/mol. The van der Waals surface area contributed by atoms with Crippen molar-refractivity contribution in [3.63, 3.8) is 0 Å². The fraction of sp³-hybridized carbons (Fsp3) is 0.375. The molecule has 1 aliphatic heterocycles. The molecule has 0 aliphatic carbocycles. The number of rotatable bonds is 8. The standard InChI is InChI=1S/C24H28N2O3/c27-24(14-12-20-11-13-22(29-20)19-8-3-1-4-9-19)25-18-21(23-10-7-17-28-23)26-15-5-2-6-16-26/h1,3-4,7-11,13,17,21H,2,5-6,12,14-16,18H2,(H,25,27). The third-order valence-corrected chi connectivity index (χ3v) is 5.51. The Morgan fingerprint density at radius 2 is 1.83 bits per heavy atom. The van der Waals surface area contributed by atoms with Gasteiger partial charge in [0, 0.05) is 24.9 Å². The molecule has 1 saturated heterocycles. The zero-order chi connectivity index (χ0) is 19.9. The second-order valence-corrected chi connectivity index (χ2v) is 7.56. The van der Waals surface area contributed by atoms with Crippen LogP contribution in [-0.4, -0.2) is 30.4 Å². The minimum atomic E-state index is 0.0382. The largest absolute Gasteiger partial charge is 0.468 e. The molecule has 1 N–H and O–H groups in total. The maximum absolute atomic E-state index is 12.4. The topological polar surface area (TPSA) is 58.6 Å². The van der Waals surface area contributed by atoms with Crippen LogP contribution in [0, 0.1) is 0 Å². The maximum Gasteiger partial charge on any atom is 0.220 e. The number of piperidine rings is 1. The fourth-order valence-corrected chi connectivity index (χ4v) is 3.93. The van der Waals surface area contributed by atoms with Crippen LogP contribution in [0.15, 0.2) is 69.7 Å². The number of nitrogens with one attached hydrogen (secondary N) is 1. The Morgan fingerprint density at radius 1 is 1.00 bits per heavy atom. The van der Waals surface area contributed by atoms with E-state index in [1.54, 1.807) is 6.26 Å². The summed E-state index contributed by atoms with van der Waals surface area (Å²) in [6, 6.07) is 17.9. The lowest BCUT2D eigenvalue weighted by Gasteiger charge is -2.33. The van der Waals surface area contributed by atoms with Crippen LogP contribution < -0.4 is 5.32 Å². The van der Waals surface area contributed by atoms with Crippen LogP contribution >= 0.6 is 0 Å². The Hall–Kier alpha value is -2.79. The zero-order valence-electron chi connectivity index (χ0n) is 16.7. The molecule has 1 atom stereocenters. The number of hydrogen-bond acceptors (Lipinski definition) is 4. The Labute approximate surface area is 171 Å². The molecule has 2 aromatic heterocycles. The van der Waals surface area contributed by atoms with Crippen molar-refractivity contribution in [2.24, 2.45) is 0 Å². The van der Waals surface area contributed by atoms with E-state index in [0.717, 1.165) is 35.9 Å². The van der Waals surface area contributed by atoms with E-state index in [4.69, 9.17) is 8.83 Å². The maximum atomic E-state index is 12.4. The highest BCUT2D eigenvalue weighted by Gasteiger charge is 2.24. The van der Waals surface area contributed by atoms with Crippen LogP contribution in [0.4, 0.5) is 0 Å². The molecule has 5 nitrogen and oxygen atoms in total. The van der Waals surface area contributed by atoms with Gasteiger partial charge in [0.1, 0.15) is 17.3 Å². The van der Waals surface area contributed by atoms with Crippen molar-refractivity contribution in [1.82, 2.24) is 10.2 Å². The first kappa shape index (κ1) is 19.5. The van der Waals surface area contributed by atoms with Gasteiger partial charge in [0.25, 0.3) is 0 Å². The van der Waals surface area contributed by atoms with Gasteiger partial charge in [0.05, 0.1) is 12.3 Å². The van der Waals surface area contributed by atoms with Crippen molar-refractivity contribution in [3.05, 3.63) is 72.4 Å². The monoisotopic (exact) mass is 392 g/mol. The fourth-order valence-electron chi connectivity index (χ4n) is 3.93. The second kappa shape index (κ2) is 9.61. The number of likely N-dealkylation sites (tertiary alicyclic amines) is 1. The molecule has 0 saturated carbocycles. The summed E-state index contributed by atoms with van der Waals surface area (Å²) in [4.78, 5) is 14.9. The number of benzene rings is 1. The number of hydrogen-bond donors (Lipinski definition) is 1. The van der Waals surface area contributed by atoms with Crippen LogP contribution in [0.25, 0.3) is 11.3 Å². The van der Waals surface area contributed by atoms with Crippen LogP contribution in [-0.2, 0) is 11.2 Å². The van der Waals surface area contributed by atoms with Crippen molar-refractivity contribution in [1.29, 1.82) is 0 Å². The van der Waals surface area contributed by atoms with Crippen LogP contribution in [0.1, 0.15) is 43.2 Å². The molecule has 5 heteroatoms. The van der Waals surface area contributed by atoms with Gasteiger partial charge >= 0.3 is 0 Å². The van der Waals surface area contributed by atoms with Gasteiger partial charge < -0.3 is 14.2 Å². The number of aryl methyl sites for hydroxylation is 1. The summed E-state index contributed by atoms with van der Waals surface area (Å²) in [6.07, 6.45) is 6.39. The quantitative estimate of drug-likeness (QED) is 0.597. The molecule has 3 heterocycles. The average molecular weight is 392 g/mol. The minimum absolute atomic E-state index is 0.0382. The van der Waals surface area contributed by atoms with Crippen molar-refractivity contribution in [2.45, 2.75) is 38.1 Å². The second-order valence-electron chi connectivity index (χ2n) is 7.56. The molecule has 152 valence electrons. The van der Waals surface area contributed by atoms with E-state index in [-0.39, 0.29) is 11.9 Å². The molecular formula is C24H28N2O3. The van der Waals surface area contributed by atoms with E-state index in [1.165, 1.54) is 19.3 Å². The van der Waals surface area contributed by atoms with Crippen LogP contribution in [0.3, 0.4) is 0 Å². The van der Waals surface area contributed by atoms with E-state index >= 15 is 0 Å². The first-order chi connectivity index (χ1) is 14.3. The van der Waals surface area contributed by atoms with Gasteiger partial charge in [-0.05, 0) is 50.2 Å². The molecule has 3 aromatic rings. The molecule has 1 amide bonds. The highest BCUT2D eigenvalue weighted by molar-refractivity contribution is 5.76. The zero-order valence-corrected chi connectivity index (χ0v) is 16.7. The van der Waals surface area contributed by atoms with E-state index in [0.29, 0.717) is 19.4 Å². The van der Waals surface area contributed by atoms with Gasteiger partial charge in [0.15, 0.2) is 0 Å². The average Bonchev–Trinajstić information content (AvgIpc) is 3.46. The van der Waals surface area contributed by atoms with E-state index in [1.807, 2.05) is 54.6 Å². The lowest BCUT2D eigenvalue weighted by Crippen LogP contribution is -2.40. The lowest BCUT2D eigenvalue weighted by molar-refractivity contribution is -0.121. The van der Waals surface area contributed by atoms with Crippen molar-refractivity contribution in [2.75, 3.05) is 19.6 Å². The summed E-state index contributed by atoms with van der Waals surface area (Å²) in [5, 5.41) is 3.09. The molecule has 0 spiro atoms. The summed E-state index contributed by atoms with van der Waals surface area (Å²) >= 11 is 0. The summed E-state index contributed by atoms with van der Waals surface area (Å²) in [5.74, 6) is 2.63. The predicted molar refractivity (Wildman–Crippen MR) is 112 cm³/mol. The molecule has 1 aliphatic rings. The Morgan fingerprint density at radius 3 is 2.59 bits per heavy atom. The highest BCUT2D eigenvalue weighted by Crippen LogP contribution is 2.25. The Bertz CT molecular complexity index is 880. The molecule has 1 fully saturated rings. The van der Waals surface area contributed by atoms with Crippen molar-refractivity contribution in [3.8, 4) is 11.3 Å². The van der Waals surface area contributed by atoms with Crippen molar-refractivity contribution >= 4 is 5.91 Å². The summed E-state index contributed by atoms with van der Waals surface area (Å²) in [5.41, 5.74) is 1.05. The SMILES string of the molecule is O=C(CCc1ccc(-c2ccccc2)o1)NCC(c1ccco1)N1CCCCC1. The van der Waals surface area contributed by atoms with Gasteiger partial charge in [-0.2, -0.15) is 0 Å². The summed E-state index contributed by atoms with van der Waals surface area (Å²) in [7, 11) is 0. The van der Waals surface area contributed by atoms with Crippen LogP contribution in [0.2, 0.25) is 0 Å². The molecule has 1 aromatic carbocycles. The normalized spacial score (nSPS) is 15.9. The summed E-state index contributed by atoms with van der Waals surface area (Å²) < 4.78 is 11.5. The smallest absolute Gasteiger partial charge is 0.220 e. The molecule has 4 rings (SSSR count). The van der Waals surface area contributed by atoms with Gasteiger partial charge in [-0.1, -0.05) is 36.8 Å².